The van der Waals surface area contributed by atoms with Gasteiger partial charge in [0.2, 0.25) is 5.88 Å². The van der Waals surface area contributed by atoms with Crippen molar-refractivity contribution in [3.05, 3.63) is 58.7 Å². The van der Waals surface area contributed by atoms with Crippen LogP contribution in [0.25, 0.3) is 0 Å². The molecule has 1 N–H and O–H groups in total. The highest BCUT2D eigenvalue weighted by atomic mass is 35.5. The fraction of sp³-hybridized carbons (Fsp3) is 0.143. The van der Waals surface area contributed by atoms with Crippen molar-refractivity contribution in [3.63, 3.8) is 0 Å². The number of ether oxygens (including phenoxy) is 1. The summed E-state index contributed by atoms with van der Waals surface area (Å²) in [5, 5.41) is 9.00. The lowest BCUT2D eigenvalue weighted by atomic mass is 10.1. The summed E-state index contributed by atoms with van der Waals surface area (Å²) in [5.41, 5.74) is 1.02. The fourth-order valence-corrected chi connectivity index (χ4v) is 1.80. The second kappa shape index (κ2) is 5.71. The van der Waals surface area contributed by atoms with E-state index in [1.54, 1.807) is 0 Å². The van der Waals surface area contributed by atoms with Gasteiger partial charge in [-0.1, -0.05) is 41.9 Å². The maximum absolute atomic E-state index is 10.8. The molecular formula is C14H12ClNO3. The number of carbonyl (C=O) groups is 1. The predicted octanol–water partition coefficient (Wildman–Crippen LogP) is 3.57. The van der Waals surface area contributed by atoms with E-state index < -0.39 is 5.97 Å². The molecule has 0 radical (unpaired) electrons. The molecular weight excluding hydrogens is 266 g/mol. The SMILES string of the molecule is CC(Oc1ncc(C(=O)O)cc1Cl)c1ccccc1. The van der Waals surface area contributed by atoms with Crippen LogP contribution in [0, 0.1) is 0 Å². The number of nitrogens with zero attached hydrogens (tertiary/aromatic N) is 1. The van der Waals surface area contributed by atoms with Crippen LogP contribution in [-0.2, 0) is 0 Å². The molecule has 0 aliphatic heterocycles. The Bertz CT molecular complexity index is 586. The van der Waals surface area contributed by atoms with E-state index in [2.05, 4.69) is 4.98 Å². The Balaban J connectivity index is 2.18. The van der Waals surface area contributed by atoms with Crippen LogP contribution in [0.2, 0.25) is 5.02 Å². The maximum Gasteiger partial charge on any atom is 0.337 e. The minimum atomic E-state index is -1.07. The molecule has 19 heavy (non-hydrogen) atoms. The van der Waals surface area contributed by atoms with Gasteiger partial charge in [-0.2, -0.15) is 0 Å². The van der Waals surface area contributed by atoms with Crippen molar-refractivity contribution < 1.29 is 14.6 Å². The molecule has 0 aliphatic carbocycles. The van der Waals surface area contributed by atoms with E-state index >= 15 is 0 Å². The Morgan fingerprint density at radius 1 is 1.37 bits per heavy atom. The highest BCUT2D eigenvalue weighted by molar-refractivity contribution is 6.32. The third-order valence-electron chi connectivity index (χ3n) is 2.61. The van der Waals surface area contributed by atoms with Gasteiger partial charge >= 0.3 is 5.97 Å². The number of hydrogen-bond acceptors (Lipinski definition) is 3. The first kappa shape index (κ1) is 13.4. The van der Waals surface area contributed by atoms with E-state index in [1.165, 1.54) is 12.3 Å². The molecule has 1 atom stereocenters. The summed E-state index contributed by atoms with van der Waals surface area (Å²) in [6.07, 6.45) is 1.00. The summed E-state index contributed by atoms with van der Waals surface area (Å²) < 4.78 is 5.63. The number of aromatic carboxylic acids is 1. The molecule has 0 fully saturated rings. The Hall–Kier alpha value is -2.07. The van der Waals surface area contributed by atoms with Gasteiger partial charge < -0.3 is 9.84 Å². The quantitative estimate of drug-likeness (QED) is 0.928. The molecule has 2 rings (SSSR count). The van der Waals surface area contributed by atoms with E-state index in [0.717, 1.165) is 5.56 Å². The summed E-state index contributed by atoms with van der Waals surface area (Å²) in [7, 11) is 0. The second-order valence-electron chi connectivity index (χ2n) is 3.99. The van der Waals surface area contributed by atoms with E-state index in [-0.39, 0.29) is 22.6 Å². The lowest BCUT2D eigenvalue weighted by molar-refractivity contribution is 0.0696. The average Bonchev–Trinajstić information content (AvgIpc) is 2.41. The zero-order chi connectivity index (χ0) is 13.8. The zero-order valence-corrected chi connectivity index (χ0v) is 11.0. The molecule has 0 spiro atoms. The molecule has 2 aromatic rings. The lowest BCUT2D eigenvalue weighted by Gasteiger charge is -2.15. The van der Waals surface area contributed by atoms with Crippen LogP contribution in [0.15, 0.2) is 42.6 Å². The fourth-order valence-electron chi connectivity index (χ4n) is 1.59. The molecule has 98 valence electrons. The van der Waals surface area contributed by atoms with Gasteiger partial charge in [-0.3, -0.25) is 0 Å². The molecule has 0 amide bonds. The summed E-state index contributed by atoms with van der Waals surface area (Å²) >= 11 is 5.95. The van der Waals surface area contributed by atoms with Crippen LogP contribution in [0.1, 0.15) is 28.9 Å². The van der Waals surface area contributed by atoms with Gasteiger partial charge in [-0.25, -0.2) is 9.78 Å². The molecule has 1 aromatic carbocycles. The minimum Gasteiger partial charge on any atom is -0.478 e. The first-order valence-corrected chi connectivity index (χ1v) is 6.06. The van der Waals surface area contributed by atoms with Gasteiger partial charge in [0.05, 0.1) is 5.56 Å². The number of pyridine rings is 1. The Labute approximate surface area is 115 Å². The van der Waals surface area contributed by atoms with Crippen molar-refractivity contribution in [2.24, 2.45) is 0 Å². The van der Waals surface area contributed by atoms with E-state index in [0.29, 0.717) is 0 Å². The summed E-state index contributed by atoms with van der Waals surface area (Å²) in [5.74, 6) is -0.847. The number of halogens is 1. The Morgan fingerprint density at radius 3 is 2.63 bits per heavy atom. The zero-order valence-electron chi connectivity index (χ0n) is 10.2. The van der Waals surface area contributed by atoms with Crippen molar-refractivity contribution in [3.8, 4) is 5.88 Å². The average molecular weight is 278 g/mol. The molecule has 0 saturated heterocycles. The first-order chi connectivity index (χ1) is 9.08. The van der Waals surface area contributed by atoms with E-state index in [4.69, 9.17) is 21.4 Å². The van der Waals surface area contributed by atoms with Crippen LogP contribution < -0.4 is 4.74 Å². The van der Waals surface area contributed by atoms with Gasteiger partial charge in [0.25, 0.3) is 0 Å². The van der Waals surface area contributed by atoms with E-state index in [9.17, 15) is 4.79 Å². The van der Waals surface area contributed by atoms with Crippen LogP contribution >= 0.6 is 11.6 Å². The Kier molecular flexibility index (Phi) is 4.02. The topological polar surface area (TPSA) is 59.4 Å². The van der Waals surface area contributed by atoms with E-state index in [1.807, 2.05) is 37.3 Å². The van der Waals surface area contributed by atoms with Crippen LogP contribution in [0.3, 0.4) is 0 Å². The predicted molar refractivity (Wildman–Crippen MR) is 71.7 cm³/mol. The number of hydrogen-bond donors (Lipinski definition) is 1. The van der Waals surface area contributed by atoms with Gasteiger partial charge in [-0.05, 0) is 18.6 Å². The van der Waals surface area contributed by atoms with Crippen molar-refractivity contribution in [2.75, 3.05) is 0 Å². The number of rotatable bonds is 4. The van der Waals surface area contributed by atoms with Gasteiger partial charge in [0.15, 0.2) is 0 Å². The maximum atomic E-state index is 10.8. The number of carboxylic acid groups (broad SMARTS) is 1. The minimum absolute atomic E-state index is 0.0321. The lowest BCUT2D eigenvalue weighted by Crippen LogP contribution is -2.05. The van der Waals surface area contributed by atoms with Crippen molar-refractivity contribution in [2.45, 2.75) is 13.0 Å². The second-order valence-corrected chi connectivity index (χ2v) is 4.39. The van der Waals surface area contributed by atoms with Crippen LogP contribution in [0.5, 0.6) is 5.88 Å². The number of aromatic nitrogens is 1. The van der Waals surface area contributed by atoms with Crippen molar-refractivity contribution in [1.29, 1.82) is 0 Å². The molecule has 4 nitrogen and oxygen atoms in total. The molecule has 0 aliphatic rings. The standard InChI is InChI=1S/C14H12ClNO3/c1-9(10-5-3-2-4-6-10)19-13-12(15)7-11(8-16-13)14(17)18/h2-9H,1H3,(H,17,18). The first-order valence-electron chi connectivity index (χ1n) is 5.68. The van der Waals surface area contributed by atoms with Gasteiger partial charge in [0, 0.05) is 6.20 Å². The molecule has 1 heterocycles. The molecule has 1 unspecified atom stereocenters. The summed E-state index contributed by atoms with van der Waals surface area (Å²) in [6, 6.07) is 10.9. The monoisotopic (exact) mass is 277 g/mol. The summed E-state index contributed by atoms with van der Waals surface area (Å²) in [4.78, 5) is 14.7. The summed E-state index contributed by atoms with van der Waals surface area (Å²) in [6.45, 7) is 1.87. The van der Waals surface area contributed by atoms with Gasteiger partial charge in [-0.15, -0.1) is 0 Å². The smallest absolute Gasteiger partial charge is 0.337 e. The highest BCUT2D eigenvalue weighted by Crippen LogP contribution is 2.27. The molecule has 1 aromatic heterocycles. The molecule has 0 saturated carbocycles. The Morgan fingerprint density at radius 2 is 2.05 bits per heavy atom. The highest BCUT2D eigenvalue weighted by Gasteiger charge is 2.13. The van der Waals surface area contributed by atoms with Crippen molar-refractivity contribution in [1.82, 2.24) is 4.98 Å². The molecule has 5 heteroatoms. The normalized spacial score (nSPS) is 11.9. The number of benzene rings is 1. The third kappa shape index (κ3) is 3.23. The third-order valence-corrected chi connectivity index (χ3v) is 2.88. The van der Waals surface area contributed by atoms with Crippen LogP contribution in [-0.4, -0.2) is 16.1 Å². The van der Waals surface area contributed by atoms with Crippen LogP contribution in [0.4, 0.5) is 0 Å². The van der Waals surface area contributed by atoms with Crippen molar-refractivity contribution >= 4 is 17.6 Å². The van der Waals surface area contributed by atoms with Gasteiger partial charge in [0.1, 0.15) is 11.1 Å². The molecule has 0 bridgehead atoms. The largest absolute Gasteiger partial charge is 0.478 e. The number of carboxylic acids is 1.